The molecule has 0 spiro atoms. The van der Waals surface area contributed by atoms with Gasteiger partial charge in [-0.25, -0.2) is 4.39 Å². The maximum atomic E-state index is 13.4. The second-order valence-electron chi connectivity index (χ2n) is 6.00. The Kier molecular flexibility index (Phi) is 4.32. The average molecular weight is 352 g/mol. The van der Waals surface area contributed by atoms with Crippen LogP contribution in [0.15, 0.2) is 73.1 Å². The first kappa shape index (κ1) is 16.0. The van der Waals surface area contributed by atoms with Gasteiger partial charge in [-0.1, -0.05) is 36.4 Å². The number of carbonyl (C=O) groups is 1. The quantitative estimate of drug-likeness (QED) is 0.696. The second-order valence-corrected chi connectivity index (χ2v) is 7.07. The van der Waals surface area contributed by atoms with Crippen LogP contribution >= 0.6 is 11.8 Å². The van der Waals surface area contributed by atoms with Crippen LogP contribution in [0.3, 0.4) is 0 Å². The molecule has 1 atom stereocenters. The Morgan fingerprint density at radius 2 is 1.92 bits per heavy atom. The van der Waals surface area contributed by atoms with Gasteiger partial charge in [0.1, 0.15) is 11.2 Å². The summed E-state index contributed by atoms with van der Waals surface area (Å²) >= 11 is 1.63. The lowest BCUT2D eigenvalue weighted by atomic mass is 10.2. The van der Waals surface area contributed by atoms with Crippen molar-refractivity contribution in [2.45, 2.75) is 11.9 Å². The Hall–Kier alpha value is -2.53. The van der Waals surface area contributed by atoms with Gasteiger partial charge in [-0.2, -0.15) is 0 Å². The van der Waals surface area contributed by atoms with Gasteiger partial charge in [-0.15, -0.1) is 11.8 Å². The van der Waals surface area contributed by atoms with E-state index >= 15 is 0 Å². The molecule has 1 aromatic heterocycles. The third kappa shape index (κ3) is 3.33. The van der Waals surface area contributed by atoms with Gasteiger partial charge in [0.05, 0.1) is 5.75 Å². The van der Waals surface area contributed by atoms with Gasteiger partial charge < -0.3 is 9.47 Å². The van der Waals surface area contributed by atoms with Gasteiger partial charge in [0, 0.05) is 30.2 Å². The van der Waals surface area contributed by atoms with Gasteiger partial charge in [0.15, 0.2) is 0 Å². The largest absolute Gasteiger partial charge is 0.323 e. The first-order chi connectivity index (χ1) is 12.2. The third-order valence-electron chi connectivity index (χ3n) is 4.27. The summed E-state index contributed by atoms with van der Waals surface area (Å²) < 4.78 is 15.3. The first-order valence-corrected chi connectivity index (χ1v) is 9.14. The highest BCUT2D eigenvalue weighted by Gasteiger charge is 2.33. The topological polar surface area (TPSA) is 25.2 Å². The zero-order valence-corrected chi connectivity index (χ0v) is 14.3. The predicted molar refractivity (Wildman–Crippen MR) is 97.9 cm³/mol. The number of nitrogens with zero attached hydrogens (tertiary/aromatic N) is 2. The summed E-state index contributed by atoms with van der Waals surface area (Å²) in [5.74, 6) is 0.379. The summed E-state index contributed by atoms with van der Waals surface area (Å²) in [6.07, 6.45) is 3.89. The first-order valence-electron chi connectivity index (χ1n) is 8.09. The predicted octanol–water partition coefficient (Wildman–Crippen LogP) is 4.39. The molecule has 2 heterocycles. The highest BCUT2D eigenvalue weighted by molar-refractivity contribution is 8.00. The Morgan fingerprint density at radius 1 is 1.08 bits per heavy atom. The fraction of sp³-hybridized carbons (Fsp3) is 0.150. The lowest BCUT2D eigenvalue weighted by molar-refractivity contribution is -0.128. The van der Waals surface area contributed by atoms with E-state index in [0.29, 0.717) is 12.3 Å². The molecule has 1 aliphatic rings. The summed E-state index contributed by atoms with van der Waals surface area (Å²) in [5, 5.41) is -0.0116. The molecule has 25 heavy (non-hydrogen) atoms. The van der Waals surface area contributed by atoms with Crippen LogP contribution in [-0.2, 0) is 11.3 Å². The van der Waals surface area contributed by atoms with Crippen LogP contribution in [0.2, 0.25) is 0 Å². The van der Waals surface area contributed by atoms with Crippen molar-refractivity contribution in [1.29, 1.82) is 0 Å². The van der Waals surface area contributed by atoms with Crippen LogP contribution in [-0.4, -0.2) is 21.1 Å². The summed E-state index contributed by atoms with van der Waals surface area (Å²) in [7, 11) is 0. The fourth-order valence-corrected chi connectivity index (χ4v) is 4.21. The molecule has 1 amide bonds. The number of benzene rings is 2. The Bertz CT molecular complexity index is 893. The molecule has 2 aromatic carbocycles. The molecule has 3 aromatic rings. The Labute approximate surface area is 150 Å². The number of hydrogen-bond donors (Lipinski definition) is 0. The highest BCUT2D eigenvalue weighted by Crippen LogP contribution is 2.39. The lowest BCUT2D eigenvalue weighted by Gasteiger charge is -2.23. The Balaban J connectivity index is 1.59. The van der Waals surface area contributed by atoms with Crippen molar-refractivity contribution in [1.82, 2.24) is 9.47 Å². The van der Waals surface area contributed by atoms with Crippen molar-refractivity contribution in [3.05, 3.63) is 90.0 Å². The molecular weight excluding hydrogens is 335 g/mol. The van der Waals surface area contributed by atoms with Gasteiger partial charge in [-0.3, -0.25) is 4.79 Å². The number of aromatic nitrogens is 1. The number of halogens is 1. The smallest absolute Gasteiger partial charge is 0.234 e. The fourth-order valence-electron chi connectivity index (χ4n) is 3.04. The summed E-state index contributed by atoms with van der Waals surface area (Å²) in [6, 6.07) is 18.5. The van der Waals surface area contributed by atoms with Crippen molar-refractivity contribution >= 4 is 17.7 Å². The van der Waals surface area contributed by atoms with E-state index in [0.717, 1.165) is 16.8 Å². The SMILES string of the molecule is O=C1CS[C@@H](c2ccn(-c3cccc(F)c3)c2)N1Cc1ccccc1. The minimum absolute atomic E-state index is 0.0116. The maximum Gasteiger partial charge on any atom is 0.234 e. The molecule has 0 unspecified atom stereocenters. The van der Waals surface area contributed by atoms with Crippen molar-refractivity contribution in [2.75, 3.05) is 5.75 Å². The van der Waals surface area contributed by atoms with Crippen LogP contribution in [0.5, 0.6) is 0 Å². The molecule has 1 fully saturated rings. The summed E-state index contributed by atoms with van der Waals surface area (Å²) in [4.78, 5) is 14.2. The number of rotatable bonds is 4. The van der Waals surface area contributed by atoms with Crippen LogP contribution in [0.1, 0.15) is 16.5 Å². The van der Waals surface area contributed by atoms with Gasteiger partial charge in [-0.05, 0) is 29.8 Å². The zero-order valence-electron chi connectivity index (χ0n) is 13.5. The van der Waals surface area contributed by atoms with Crippen molar-refractivity contribution in [3.63, 3.8) is 0 Å². The summed E-state index contributed by atoms with van der Waals surface area (Å²) in [5.41, 5.74) is 2.94. The minimum Gasteiger partial charge on any atom is -0.323 e. The van der Waals surface area contributed by atoms with E-state index in [-0.39, 0.29) is 17.1 Å². The molecule has 0 radical (unpaired) electrons. The van der Waals surface area contributed by atoms with E-state index in [2.05, 4.69) is 0 Å². The zero-order chi connectivity index (χ0) is 17.2. The molecule has 126 valence electrons. The normalized spacial score (nSPS) is 17.2. The monoisotopic (exact) mass is 352 g/mol. The van der Waals surface area contributed by atoms with E-state index in [4.69, 9.17) is 0 Å². The lowest BCUT2D eigenvalue weighted by Crippen LogP contribution is -2.27. The molecule has 0 aliphatic carbocycles. The van der Waals surface area contributed by atoms with E-state index in [9.17, 15) is 9.18 Å². The third-order valence-corrected chi connectivity index (χ3v) is 5.53. The molecule has 4 rings (SSSR count). The van der Waals surface area contributed by atoms with Crippen LogP contribution in [0.4, 0.5) is 4.39 Å². The maximum absolute atomic E-state index is 13.4. The van der Waals surface area contributed by atoms with E-state index < -0.39 is 0 Å². The van der Waals surface area contributed by atoms with E-state index in [1.807, 2.05) is 64.3 Å². The van der Waals surface area contributed by atoms with E-state index in [1.54, 1.807) is 17.8 Å². The van der Waals surface area contributed by atoms with Crippen LogP contribution < -0.4 is 0 Å². The molecule has 5 heteroatoms. The molecular formula is C20H17FN2OS. The minimum atomic E-state index is -0.260. The molecule has 3 nitrogen and oxygen atoms in total. The molecule has 0 N–H and O–H groups in total. The number of amides is 1. The standard InChI is InChI=1S/C20H17FN2OS/c21-17-7-4-8-18(11-17)22-10-9-16(13-22)20-23(19(24)14-25-20)12-15-5-2-1-3-6-15/h1-11,13,20H,12,14H2/t20-/m0/s1. The molecule has 1 aliphatic heterocycles. The number of hydrogen-bond acceptors (Lipinski definition) is 2. The van der Waals surface area contributed by atoms with Crippen LogP contribution in [0, 0.1) is 5.82 Å². The average Bonchev–Trinajstić information content (AvgIpc) is 3.24. The Morgan fingerprint density at radius 3 is 2.72 bits per heavy atom. The van der Waals surface area contributed by atoms with Gasteiger partial charge >= 0.3 is 0 Å². The van der Waals surface area contributed by atoms with Crippen LogP contribution in [0.25, 0.3) is 5.69 Å². The molecule has 1 saturated heterocycles. The summed E-state index contributed by atoms with van der Waals surface area (Å²) in [6.45, 7) is 0.600. The van der Waals surface area contributed by atoms with Crippen molar-refractivity contribution < 1.29 is 9.18 Å². The second kappa shape index (κ2) is 6.76. The number of carbonyl (C=O) groups excluding carboxylic acids is 1. The molecule has 0 saturated carbocycles. The van der Waals surface area contributed by atoms with Gasteiger partial charge in [0.2, 0.25) is 5.91 Å². The van der Waals surface area contributed by atoms with Gasteiger partial charge in [0.25, 0.3) is 0 Å². The van der Waals surface area contributed by atoms with Crippen molar-refractivity contribution in [3.8, 4) is 5.69 Å². The van der Waals surface area contributed by atoms with Crippen molar-refractivity contribution in [2.24, 2.45) is 0 Å². The highest BCUT2D eigenvalue weighted by atomic mass is 32.2. The number of thioether (sulfide) groups is 1. The van der Waals surface area contributed by atoms with E-state index in [1.165, 1.54) is 12.1 Å². The molecule has 0 bridgehead atoms.